The van der Waals surface area contributed by atoms with Crippen LogP contribution in [-0.2, 0) is 23.7 Å². The van der Waals surface area contributed by atoms with Crippen molar-refractivity contribution in [1.82, 2.24) is 19.7 Å². The standard InChI is InChI=1S/C22H23N5O3/c1-4-17-24-13(2)18(30-17)20(28)27-10-9-22(19(27)14-11-23-26(3)12-14)15-7-5-6-8-16(15)25-21(22)29/h5-8,11-12,19H,4,9-10H2,1-3H3,(H,25,29)/t19-,22+/m0/s1. The van der Waals surface area contributed by atoms with Crippen molar-refractivity contribution in [2.45, 2.75) is 38.1 Å². The van der Waals surface area contributed by atoms with Crippen molar-refractivity contribution in [3.63, 3.8) is 0 Å². The molecule has 1 aromatic carbocycles. The Labute approximate surface area is 173 Å². The quantitative estimate of drug-likeness (QED) is 0.723. The second kappa shape index (κ2) is 6.55. The van der Waals surface area contributed by atoms with Gasteiger partial charge >= 0.3 is 0 Å². The van der Waals surface area contributed by atoms with Crippen LogP contribution in [0.25, 0.3) is 0 Å². The van der Waals surface area contributed by atoms with Crippen LogP contribution in [0.5, 0.6) is 0 Å². The number of para-hydroxylation sites is 1. The van der Waals surface area contributed by atoms with Crippen LogP contribution in [0.3, 0.4) is 0 Å². The van der Waals surface area contributed by atoms with Gasteiger partial charge in [0.25, 0.3) is 5.91 Å². The number of fused-ring (bicyclic) bond motifs is 2. The molecular formula is C22H23N5O3. The lowest BCUT2D eigenvalue weighted by Crippen LogP contribution is -2.42. The SMILES string of the molecule is CCc1nc(C)c(C(=O)N2CC[C@]3(C(=O)Nc4ccccc43)[C@@H]2c2cnn(C)c2)o1. The van der Waals surface area contributed by atoms with E-state index in [1.54, 1.807) is 22.7 Å². The molecule has 3 aromatic rings. The molecule has 2 aliphatic rings. The third-order valence-electron chi connectivity index (χ3n) is 6.23. The molecule has 5 rings (SSSR count). The summed E-state index contributed by atoms with van der Waals surface area (Å²) in [5.41, 5.74) is 2.25. The van der Waals surface area contributed by atoms with Crippen LogP contribution in [0.2, 0.25) is 0 Å². The summed E-state index contributed by atoms with van der Waals surface area (Å²) in [6.07, 6.45) is 4.74. The topological polar surface area (TPSA) is 93.3 Å². The van der Waals surface area contributed by atoms with E-state index in [-0.39, 0.29) is 17.6 Å². The number of nitrogens with zero attached hydrogens (tertiary/aromatic N) is 4. The molecule has 2 aliphatic heterocycles. The molecule has 0 radical (unpaired) electrons. The van der Waals surface area contributed by atoms with Crippen LogP contribution in [-0.4, -0.2) is 38.0 Å². The summed E-state index contributed by atoms with van der Waals surface area (Å²) in [5, 5.41) is 7.33. The van der Waals surface area contributed by atoms with Gasteiger partial charge in [-0.2, -0.15) is 5.10 Å². The van der Waals surface area contributed by atoms with Crippen molar-refractivity contribution in [2.24, 2.45) is 7.05 Å². The van der Waals surface area contributed by atoms with Gasteiger partial charge in [-0.1, -0.05) is 25.1 Å². The zero-order valence-corrected chi connectivity index (χ0v) is 17.2. The van der Waals surface area contributed by atoms with E-state index >= 15 is 0 Å². The lowest BCUT2D eigenvalue weighted by atomic mass is 9.73. The van der Waals surface area contributed by atoms with Crippen LogP contribution >= 0.6 is 0 Å². The zero-order valence-electron chi connectivity index (χ0n) is 17.2. The highest BCUT2D eigenvalue weighted by atomic mass is 16.4. The third kappa shape index (κ3) is 2.46. The van der Waals surface area contributed by atoms with Crippen molar-refractivity contribution in [3.8, 4) is 0 Å². The average Bonchev–Trinajstić information content (AvgIpc) is 3.48. The number of aromatic nitrogens is 3. The fourth-order valence-electron chi connectivity index (χ4n) is 4.88. The molecule has 1 saturated heterocycles. The van der Waals surface area contributed by atoms with E-state index in [0.717, 1.165) is 16.8 Å². The average molecular weight is 405 g/mol. The minimum atomic E-state index is -0.864. The number of hydrogen-bond donors (Lipinski definition) is 1. The molecule has 4 heterocycles. The molecule has 8 heteroatoms. The Morgan fingerprint density at radius 2 is 2.17 bits per heavy atom. The lowest BCUT2D eigenvalue weighted by molar-refractivity contribution is -0.121. The molecule has 8 nitrogen and oxygen atoms in total. The first kappa shape index (κ1) is 18.6. The molecule has 1 fully saturated rings. The second-order valence-electron chi connectivity index (χ2n) is 7.95. The molecule has 2 atom stereocenters. The van der Waals surface area contributed by atoms with E-state index < -0.39 is 11.5 Å². The number of oxazole rings is 1. The Morgan fingerprint density at radius 1 is 1.37 bits per heavy atom. The van der Waals surface area contributed by atoms with Crippen LogP contribution in [0, 0.1) is 6.92 Å². The maximum absolute atomic E-state index is 13.6. The number of aryl methyl sites for hydroxylation is 3. The van der Waals surface area contributed by atoms with E-state index in [9.17, 15) is 9.59 Å². The Balaban J connectivity index is 1.65. The van der Waals surface area contributed by atoms with Crippen molar-refractivity contribution >= 4 is 17.5 Å². The summed E-state index contributed by atoms with van der Waals surface area (Å²) in [7, 11) is 1.83. The molecule has 1 spiro atoms. The normalized spacial score (nSPS) is 22.6. The number of nitrogens with one attached hydrogen (secondary N) is 1. The summed E-state index contributed by atoms with van der Waals surface area (Å²) in [6, 6.07) is 7.22. The highest BCUT2D eigenvalue weighted by Gasteiger charge is 2.60. The Bertz CT molecular complexity index is 1160. The van der Waals surface area contributed by atoms with Crippen LogP contribution in [0.15, 0.2) is 41.1 Å². The van der Waals surface area contributed by atoms with E-state index in [1.165, 1.54) is 0 Å². The van der Waals surface area contributed by atoms with E-state index in [1.807, 2.05) is 44.4 Å². The maximum atomic E-state index is 13.6. The number of benzene rings is 1. The fraction of sp³-hybridized carbons (Fsp3) is 0.364. The van der Waals surface area contributed by atoms with Gasteiger partial charge in [-0.3, -0.25) is 14.3 Å². The van der Waals surface area contributed by atoms with Crippen molar-refractivity contribution in [1.29, 1.82) is 0 Å². The van der Waals surface area contributed by atoms with Crippen molar-refractivity contribution in [3.05, 3.63) is 65.1 Å². The molecule has 0 unspecified atom stereocenters. The van der Waals surface area contributed by atoms with E-state index in [4.69, 9.17) is 4.42 Å². The molecule has 1 N–H and O–H groups in total. The van der Waals surface area contributed by atoms with Gasteiger partial charge in [0.2, 0.25) is 11.7 Å². The second-order valence-corrected chi connectivity index (χ2v) is 7.95. The summed E-state index contributed by atoms with van der Waals surface area (Å²) >= 11 is 0. The molecule has 2 amide bonds. The fourth-order valence-corrected chi connectivity index (χ4v) is 4.88. The number of anilines is 1. The highest BCUT2D eigenvalue weighted by molar-refractivity contribution is 6.08. The van der Waals surface area contributed by atoms with Gasteiger partial charge in [-0.05, 0) is 25.0 Å². The Morgan fingerprint density at radius 3 is 2.87 bits per heavy atom. The first-order valence-electron chi connectivity index (χ1n) is 10.1. The molecule has 0 saturated carbocycles. The van der Waals surface area contributed by atoms with Gasteiger partial charge in [0.1, 0.15) is 5.41 Å². The van der Waals surface area contributed by atoms with Gasteiger partial charge in [-0.15, -0.1) is 0 Å². The van der Waals surface area contributed by atoms with Crippen LogP contribution in [0.4, 0.5) is 5.69 Å². The minimum absolute atomic E-state index is 0.0867. The first-order chi connectivity index (χ1) is 14.5. The lowest BCUT2D eigenvalue weighted by Gasteiger charge is -2.33. The maximum Gasteiger partial charge on any atom is 0.292 e. The van der Waals surface area contributed by atoms with E-state index in [0.29, 0.717) is 31.0 Å². The van der Waals surface area contributed by atoms with Gasteiger partial charge in [-0.25, -0.2) is 4.98 Å². The predicted molar refractivity (Wildman–Crippen MR) is 109 cm³/mol. The largest absolute Gasteiger partial charge is 0.435 e. The van der Waals surface area contributed by atoms with Crippen LogP contribution < -0.4 is 5.32 Å². The summed E-state index contributed by atoms with van der Waals surface area (Å²) < 4.78 is 7.44. The Kier molecular flexibility index (Phi) is 4.06. The predicted octanol–water partition coefficient (Wildman–Crippen LogP) is 2.76. The molecule has 0 aliphatic carbocycles. The minimum Gasteiger partial charge on any atom is -0.435 e. The molecule has 2 aromatic heterocycles. The van der Waals surface area contributed by atoms with E-state index in [2.05, 4.69) is 15.4 Å². The molecular weight excluding hydrogens is 382 g/mol. The number of hydrogen-bond acceptors (Lipinski definition) is 5. The highest BCUT2D eigenvalue weighted by Crippen LogP contribution is 2.54. The van der Waals surface area contributed by atoms with Crippen molar-refractivity contribution in [2.75, 3.05) is 11.9 Å². The van der Waals surface area contributed by atoms with Gasteiger partial charge < -0.3 is 14.6 Å². The number of carbonyl (C=O) groups excluding carboxylic acids is 2. The third-order valence-corrected chi connectivity index (χ3v) is 6.23. The smallest absolute Gasteiger partial charge is 0.292 e. The zero-order chi connectivity index (χ0) is 21.0. The molecule has 154 valence electrons. The Hall–Kier alpha value is -3.42. The van der Waals surface area contributed by atoms with Gasteiger partial charge in [0.05, 0.1) is 17.9 Å². The summed E-state index contributed by atoms with van der Waals surface area (Å²) in [6.45, 7) is 4.14. The number of rotatable bonds is 3. The molecule has 30 heavy (non-hydrogen) atoms. The number of likely N-dealkylation sites (tertiary alicyclic amines) is 1. The summed E-state index contributed by atoms with van der Waals surface area (Å²) in [5.74, 6) is 0.440. The van der Waals surface area contributed by atoms with Crippen LogP contribution in [0.1, 0.15) is 52.7 Å². The van der Waals surface area contributed by atoms with Gasteiger partial charge in [0.15, 0.2) is 5.89 Å². The summed E-state index contributed by atoms with van der Waals surface area (Å²) in [4.78, 5) is 33.0. The number of amides is 2. The first-order valence-corrected chi connectivity index (χ1v) is 10.1. The molecule has 0 bridgehead atoms. The van der Waals surface area contributed by atoms with Gasteiger partial charge in [0, 0.05) is 37.5 Å². The van der Waals surface area contributed by atoms with Crippen molar-refractivity contribution < 1.29 is 14.0 Å². The monoisotopic (exact) mass is 405 g/mol. The number of carbonyl (C=O) groups is 2.